The highest BCUT2D eigenvalue weighted by molar-refractivity contribution is 6.04. The van der Waals surface area contributed by atoms with Gasteiger partial charge in [-0.15, -0.1) is 0 Å². The summed E-state index contributed by atoms with van der Waals surface area (Å²) in [6.45, 7) is 2.40. The van der Waals surface area contributed by atoms with Crippen LogP contribution in [0.4, 0.5) is 4.79 Å². The van der Waals surface area contributed by atoms with Gasteiger partial charge in [-0.05, 0) is 5.92 Å². The number of aliphatic hydroxyl groups is 2. The van der Waals surface area contributed by atoms with E-state index in [-0.39, 0.29) is 5.92 Å². The van der Waals surface area contributed by atoms with Gasteiger partial charge < -0.3 is 10.2 Å². The molecule has 0 radical (unpaired) electrons. The van der Waals surface area contributed by atoms with Crippen LogP contribution in [0.5, 0.6) is 0 Å². The van der Waals surface area contributed by atoms with E-state index < -0.39 is 31.4 Å². The van der Waals surface area contributed by atoms with E-state index in [0.717, 1.165) is 9.80 Å². The highest BCUT2D eigenvalue weighted by Gasteiger charge is 2.45. The molecule has 1 atom stereocenters. The average Bonchev–Trinajstić information content (AvgIpc) is 2.37. The second-order valence-corrected chi connectivity index (χ2v) is 3.49. The van der Waals surface area contributed by atoms with Gasteiger partial charge in [0.2, 0.25) is 0 Å². The van der Waals surface area contributed by atoms with Crippen LogP contribution in [0.15, 0.2) is 0 Å². The molecule has 1 aliphatic heterocycles. The summed E-state index contributed by atoms with van der Waals surface area (Å²) in [6, 6.07) is -1.31. The molecule has 0 bridgehead atoms. The molecule has 0 spiro atoms. The maximum absolute atomic E-state index is 11.6. The third kappa shape index (κ3) is 1.46. The lowest BCUT2D eigenvalue weighted by Gasteiger charge is -2.21. The van der Waals surface area contributed by atoms with Gasteiger partial charge in [0.15, 0.2) is 0 Å². The second kappa shape index (κ2) is 3.93. The molecule has 1 unspecified atom stereocenters. The number of hydrogen-bond donors (Lipinski definition) is 2. The summed E-state index contributed by atoms with van der Waals surface area (Å²) < 4.78 is 0. The molecule has 0 aromatic rings. The van der Waals surface area contributed by atoms with E-state index in [1.165, 1.54) is 0 Å². The Hall–Kier alpha value is -1.14. The molecule has 2 N–H and O–H groups in total. The summed E-state index contributed by atoms with van der Waals surface area (Å²) >= 11 is 0. The largest absolute Gasteiger partial charge is 0.376 e. The van der Waals surface area contributed by atoms with Gasteiger partial charge >= 0.3 is 6.03 Å². The van der Waals surface area contributed by atoms with E-state index in [2.05, 4.69) is 0 Å². The predicted molar refractivity (Wildman–Crippen MR) is 46.9 cm³/mol. The summed E-state index contributed by atoms with van der Waals surface area (Å²) in [5.74, 6) is -0.545. The molecule has 6 heteroatoms. The smallest absolute Gasteiger partial charge is 0.331 e. The number of amides is 3. The van der Waals surface area contributed by atoms with Gasteiger partial charge in [-0.3, -0.25) is 9.69 Å². The first kappa shape index (κ1) is 10.9. The third-order valence-corrected chi connectivity index (χ3v) is 2.26. The summed E-state index contributed by atoms with van der Waals surface area (Å²) in [5, 5.41) is 17.7. The molecule has 0 aromatic heterocycles. The zero-order chi connectivity index (χ0) is 10.9. The first-order valence-corrected chi connectivity index (χ1v) is 4.38. The predicted octanol–water partition coefficient (Wildman–Crippen LogP) is -0.825. The molecule has 1 rings (SSSR count). The molecule has 0 saturated carbocycles. The zero-order valence-corrected chi connectivity index (χ0v) is 8.17. The van der Waals surface area contributed by atoms with Crippen LogP contribution in [-0.4, -0.2) is 51.5 Å². The molecule has 3 amide bonds. The van der Waals surface area contributed by atoms with Crippen molar-refractivity contribution in [3.8, 4) is 0 Å². The molecule has 1 saturated heterocycles. The minimum Gasteiger partial charge on any atom is -0.376 e. The molecule has 0 aromatic carbocycles. The Balaban J connectivity index is 2.95. The molecule has 1 aliphatic rings. The van der Waals surface area contributed by atoms with Crippen molar-refractivity contribution < 1.29 is 19.8 Å². The van der Waals surface area contributed by atoms with Gasteiger partial charge in [-0.2, -0.15) is 0 Å². The number of rotatable bonds is 3. The van der Waals surface area contributed by atoms with Crippen LogP contribution in [0.3, 0.4) is 0 Å². The molecule has 1 fully saturated rings. The van der Waals surface area contributed by atoms with Gasteiger partial charge in [-0.25, -0.2) is 9.69 Å². The second-order valence-electron chi connectivity index (χ2n) is 3.49. The topological polar surface area (TPSA) is 81.1 Å². The first-order valence-electron chi connectivity index (χ1n) is 4.38. The fourth-order valence-corrected chi connectivity index (χ4v) is 1.58. The van der Waals surface area contributed by atoms with E-state index >= 15 is 0 Å². The van der Waals surface area contributed by atoms with E-state index in [0.29, 0.717) is 0 Å². The van der Waals surface area contributed by atoms with Crippen LogP contribution < -0.4 is 0 Å². The van der Waals surface area contributed by atoms with Crippen molar-refractivity contribution in [3.63, 3.8) is 0 Å². The molecule has 14 heavy (non-hydrogen) atoms. The van der Waals surface area contributed by atoms with Crippen molar-refractivity contribution in [2.24, 2.45) is 5.92 Å². The van der Waals surface area contributed by atoms with Gasteiger partial charge in [0, 0.05) is 0 Å². The molecule has 6 nitrogen and oxygen atoms in total. The number of nitrogens with zero attached hydrogens (tertiary/aromatic N) is 2. The van der Waals surface area contributed by atoms with Crippen molar-refractivity contribution in [1.82, 2.24) is 9.80 Å². The summed E-state index contributed by atoms with van der Waals surface area (Å²) in [6.07, 6.45) is 0. The number of urea groups is 1. The molecular formula is C8H14N2O4. The lowest BCUT2D eigenvalue weighted by atomic mass is 10.0. The minimum atomic E-state index is -0.667. The van der Waals surface area contributed by atoms with Crippen molar-refractivity contribution in [2.75, 3.05) is 13.5 Å². The Labute approximate surface area is 81.7 Å². The van der Waals surface area contributed by atoms with Crippen molar-refractivity contribution in [1.29, 1.82) is 0 Å². The quantitative estimate of drug-likeness (QED) is 0.585. The number of carbonyl (C=O) groups is 2. The Bertz CT molecular complexity index is 254. The maximum atomic E-state index is 11.6. The van der Waals surface area contributed by atoms with Gasteiger partial charge in [-0.1, -0.05) is 13.8 Å². The number of hydrogen-bond acceptors (Lipinski definition) is 4. The van der Waals surface area contributed by atoms with Crippen LogP contribution in [0.25, 0.3) is 0 Å². The van der Waals surface area contributed by atoms with Crippen LogP contribution in [0.1, 0.15) is 13.8 Å². The van der Waals surface area contributed by atoms with E-state index in [1.807, 2.05) is 0 Å². The van der Waals surface area contributed by atoms with E-state index in [4.69, 9.17) is 10.2 Å². The van der Waals surface area contributed by atoms with Crippen molar-refractivity contribution in [3.05, 3.63) is 0 Å². The number of imide groups is 1. The summed E-state index contributed by atoms with van der Waals surface area (Å²) in [7, 11) is 0. The highest BCUT2D eigenvalue weighted by Crippen LogP contribution is 2.22. The minimum absolute atomic E-state index is 0.0878. The summed E-state index contributed by atoms with van der Waals surface area (Å²) in [5.41, 5.74) is 0. The number of aliphatic hydroxyl groups excluding tert-OH is 2. The van der Waals surface area contributed by atoms with Gasteiger partial charge in [0.25, 0.3) is 5.91 Å². The van der Waals surface area contributed by atoms with Crippen molar-refractivity contribution in [2.45, 2.75) is 19.9 Å². The zero-order valence-electron chi connectivity index (χ0n) is 8.17. The van der Waals surface area contributed by atoms with Crippen molar-refractivity contribution >= 4 is 11.9 Å². The Morgan fingerprint density at radius 3 is 2.14 bits per heavy atom. The Morgan fingerprint density at radius 1 is 1.29 bits per heavy atom. The van der Waals surface area contributed by atoms with Gasteiger partial charge in [0.1, 0.15) is 19.5 Å². The molecule has 1 heterocycles. The van der Waals surface area contributed by atoms with Crippen LogP contribution in [0, 0.1) is 5.92 Å². The molecule has 80 valence electrons. The monoisotopic (exact) mass is 202 g/mol. The molecular weight excluding hydrogens is 188 g/mol. The molecule has 0 aliphatic carbocycles. The standard InChI is InChI=1S/C8H14N2O4/c1-5(2)6-7(13)10(4-12)8(14)9(6)3-11/h5-6,11-12H,3-4H2,1-2H3. The fourth-order valence-electron chi connectivity index (χ4n) is 1.58. The van der Waals surface area contributed by atoms with Gasteiger partial charge in [0.05, 0.1) is 0 Å². The number of carbonyl (C=O) groups excluding carboxylic acids is 2. The average molecular weight is 202 g/mol. The lowest BCUT2D eigenvalue weighted by Crippen LogP contribution is -2.39. The Morgan fingerprint density at radius 2 is 1.86 bits per heavy atom. The first-order chi connectivity index (χ1) is 6.54. The lowest BCUT2D eigenvalue weighted by molar-refractivity contribution is -0.132. The summed E-state index contributed by atoms with van der Waals surface area (Å²) in [4.78, 5) is 24.7. The highest BCUT2D eigenvalue weighted by atomic mass is 16.3. The Kier molecular flexibility index (Phi) is 3.07. The van der Waals surface area contributed by atoms with E-state index in [9.17, 15) is 9.59 Å². The van der Waals surface area contributed by atoms with E-state index in [1.54, 1.807) is 13.8 Å². The normalized spacial score (nSPS) is 22.8. The fraction of sp³-hybridized carbons (Fsp3) is 0.750. The SMILES string of the molecule is CC(C)C1C(=O)N(CO)C(=O)N1CO. The maximum Gasteiger partial charge on any atom is 0.331 e. The van der Waals surface area contributed by atoms with Crippen LogP contribution in [0.2, 0.25) is 0 Å². The van der Waals surface area contributed by atoms with Crippen LogP contribution >= 0.6 is 0 Å². The third-order valence-electron chi connectivity index (χ3n) is 2.26. The van der Waals surface area contributed by atoms with Crippen LogP contribution in [-0.2, 0) is 4.79 Å².